The third-order valence-corrected chi connectivity index (χ3v) is 3.12. The van der Waals surface area contributed by atoms with Gasteiger partial charge in [-0.3, -0.25) is 0 Å². The summed E-state index contributed by atoms with van der Waals surface area (Å²) in [4.78, 5) is 0. The first kappa shape index (κ1) is 18.6. The highest BCUT2D eigenvalue weighted by Gasteiger charge is 2.40. The topological polar surface area (TPSA) is 9.23 Å². The van der Waals surface area contributed by atoms with Crippen molar-refractivity contribution in [3.63, 3.8) is 0 Å². The summed E-state index contributed by atoms with van der Waals surface area (Å²) in [5.74, 6) is -2.76. The summed E-state index contributed by atoms with van der Waals surface area (Å²) in [6.07, 6.45) is 4.35. The van der Waals surface area contributed by atoms with Gasteiger partial charge in [-0.05, 0) is 38.2 Å². The van der Waals surface area contributed by atoms with Crippen LogP contribution < -0.4 is 0 Å². The van der Waals surface area contributed by atoms with E-state index in [9.17, 15) is 8.78 Å². The Morgan fingerprint density at radius 1 is 1.05 bits per heavy atom. The second-order valence-electron chi connectivity index (χ2n) is 7.34. The van der Waals surface area contributed by atoms with Crippen LogP contribution in [0.4, 0.5) is 8.78 Å². The van der Waals surface area contributed by atoms with Crippen LogP contribution in [0.1, 0.15) is 61.3 Å². The highest BCUT2D eigenvalue weighted by Crippen LogP contribution is 2.37. The standard InChI is InChI=1S/C16H30F2O/c1-13(2)19-12-15(6,7)10-8-9-11-16(17,18)14(3,4)5/h9,11,13H,8,10,12H2,1-7H3/b11-9+. The van der Waals surface area contributed by atoms with Gasteiger partial charge < -0.3 is 4.74 Å². The number of hydrogen-bond donors (Lipinski definition) is 0. The Bertz CT molecular complexity index is 286. The Labute approximate surface area is 117 Å². The van der Waals surface area contributed by atoms with Gasteiger partial charge in [-0.25, -0.2) is 8.78 Å². The van der Waals surface area contributed by atoms with E-state index in [4.69, 9.17) is 4.74 Å². The fourth-order valence-electron chi connectivity index (χ4n) is 1.42. The third-order valence-electron chi connectivity index (χ3n) is 3.12. The van der Waals surface area contributed by atoms with Gasteiger partial charge in [0.05, 0.1) is 12.7 Å². The van der Waals surface area contributed by atoms with Crippen molar-refractivity contribution in [1.29, 1.82) is 0 Å². The summed E-state index contributed by atoms with van der Waals surface area (Å²) in [5, 5.41) is 0. The van der Waals surface area contributed by atoms with Crippen LogP contribution >= 0.6 is 0 Å². The molecule has 0 aromatic carbocycles. The molecule has 0 aromatic heterocycles. The fourth-order valence-corrected chi connectivity index (χ4v) is 1.42. The molecule has 0 bridgehead atoms. The number of halogens is 2. The highest BCUT2D eigenvalue weighted by atomic mass is 19.3. The highest BCUT2D eigenvalue weighted by molar-refractivity contribution is 5.01. The lowest BCUT2D eigenvalue weighted by molar-refractivity contribution is -0.0502. The second-order valence-corrected chi connectivity index (χ2v) is 7.34. The molecule has 19 heavy (non-hydrogen) atoms. The smallest absolute Gasteiger partial charge is 0.271 e. The average molecular weight is 276 g/mol. The quantitative estimate of drug-likeness (QED) is 0.561. The van der Waals surface area contributed by atoms with Crippen LogP contribution in [0.3, 0.4) is 0 Å². The molecule has 0 spiro atoms. The minimum atomic E-state index is -2.76. The van der Waals surface area contributed by atoms with Gasteiger partial charge in [0.1, 0.15) is 0 Å². The van der Waals surface area contributed by atoms with Gasteiger partial charge in [-0.1, -0.05) is 40.7 Å². The van der Waals surface area contributed by atoms with E-state index in [1.54, 1.807) is 26.8 Å². The van der Waals surface area contributed by atoms with Crippen molar-refractivity contribution in [1.82, 2.24) is 0 Å². The molecule has 0 amide bonds. The minimum absolute atomic E-state index is 0.0195. The number of rotatable bonds is 7. The van der Waals surface area contributed by atoms with Gasteiger partial charge >= 0.3 is 0 Å². The Hall–Kier alpha value is -0.440. The average Bonchev–Trinajstić information content (AvgIpc) is 2.20. The van der Waals surface area contributed by atoms with Gasteiger partial charge in [0.25, 0.3) is 5.92 Å². The van der Waals surface area contributed by atoms with Crippen molar-refractivity contribution in [3.8, 4) is 0 Å². The minimum Gasteiger partial charge on any atom is -0.378 e. The SMILES string of the molecule is CC(C)OCC(C)(C)CC/C=C/C(F)(F)C(C)(C)C. The Morgan fingerprint density at radius 2 is 1.58 bits per heavy atom. The van der Waals surface area contributed by atoms with Gasteiger partial charge in [-0.15, -0.1) is 0 Å². The molecule has 0 N–H and O–H groups in total. The van der Waals surface area contributed by atoms with Gasteiger partial charge in [0.2, 0.25) is 0 Å². The van der Waals surface area contributed by atoms with E-state index in [0.717, 1.165) is 12.5 Å². The molecule has 0 saturated carbocycles. The normalized spacial score (nSPS) is 14.6. The van der Waals surface area contributed by atoms with Crippen LogP contribution in [-0.4, -0.2) is 18.6 Å². The van der Waals surface area contributed by atoms with Crippen molar-refractivity contribution < 1.29 is 13.5 Å². The molecule has 1 nitrogen and oxygen atoms in total. The fraction of sp³-hybridized carbons (Fsp3) is 0.875. The maximum Gasteiger partial charge on any atom is 0.271 e. The Balaban J connectivity index is 4.22. The molecular formula is C16H30F2O. The first-order valence-electron chi connectivity index (χ1n) is 7.04. The molecule has 0 aromatic rings. The number of allylic oxidation sites excluding steroid dienone is 2. The molecule has 0 saturated heterocycles. The molecule has 0 aliphatic carbocycles. The Morgan fingerprint density at radius 3 is 2.00 bits per heavy atom. The molecule has 0 aliphatic heterocycles. The number of alkyl halides is 2. The van der Waals surface area contributed by atoms with Crippen LogP contribution in [0.2, 0.25) is 0 Å². The molecule has 0 unspecified atom stereocenters. The molecule has 0 atom stereocenters. The van der Waals surface area contributed by atoms with Crippen LogP contribution in [0.15, 0.2) is 12.2 Å². The first-order chi connectivity index (χ1) is 8.37. The summed E-state index contributed by atoms with van der Waals surface area (Å²) >= 11 is 0. The maximum absolute atomic E-state index is 13.7. The number of ether oxygens (including phenoxy) is 1. The van der Waals surface area contributed by atoms with E-state index in [1.165, 1.54) is 0 Å². The van der Waals surface area contributed by atoms with Gasteiger partial charge in [0.15, 0.2) is 0 Å². The van der Waals surface area contributed by atoms with Crippen molar-refractivity contribution in [2.75, 3.05) is 6.61 Å². The predicted octanol–water partition coefficient (Wildman–Crippen LogP) is 5.46. The summed E-state index contributed by atoms with van der Waals surface area (Å²) in [6, 6.07) is 0. The van der Waals surface area contributed by atoms with E-state index in [-0.39, 0.29) is 11.5 Å². The zero-order valence-electron chi connectivity index (χ0n) is 13.5. The molecule has 0 aliphatic rings. The molecule has 0 rings (SSSR count). The summed E-state index contributed by atoms with van der Waals surface area (Å²) in [7, 11) is 0. The zero-order valence-corrected chi connectivity index (χ0v) is 13.5. The van der Waals surface area contributed by atoms with Crippen molar-refractivity contribution in [2.24, 2.45) is 10.8 Å². The lowest BCUT2D eigenvalue weighted by Crippen LogP contribution is -2.31. The monoisotopic (exact) mass is 276 g/mol. The van der Waals surface area contributed by atoms with E-state index in [0.29, 0.717) is 13.0 Å². The zero-order chi connectivity index (χ0) is 15.3. The molecular weight excluding hydrogens is 246 g/mol. The van der Waals surface area contributed by atoms with E-state index < -0.39 is 11.3 Å². The lowest BCUT2D eigenvalue weighted by Gasteiger charge is -2.28. The van der Waals surface area contributed by atoms with Crippen LogP contribution in [0.25, 0.3) is 0 Å². The van der Waals surface area contributed by atoms with Crippen molar-refractivity contribution in [2.45, 2.75) is 73.3 Å². The van der Waals surface area contributed by atoms with Crippen LogP contribution in [0, 0.1) is 10.8 Å². The first-order valence-corrected chi connectivity index (χ1v) is 7.04. The lowest BCUT2D eigenvalue weighted by atomic mass is 9.86. The van der Waals surface area contributed by atoms with E-state index in [1.807, 2.05) is 13.8 Å². The van der Waals surface area contributed by atoms with Crippen LogP contribution in [0.5, 0.6) is 0 Å². The van der Waals surface area contributed by atoms with Gasteiger partial charge in [-0.2, -0.15) is 0 Å². The maximum atomic E-state index is 13.7. The largest absolute Gasteiger partial charge is 0.378 e. The molecule has 114 valence electrons. The molecule has 3 heteroatoms. The number of hydrogen-bond acceptors (Lipinski definition) is 1. The van der Waals surface area contributed by atoms with Crippen molar-refractivity contribution >= 4 is 0 Å². The van der Waals surface area contributed by atoms with E-state index in [2.05, 4.69) is 13.8 Å². The summed E-state index contributed by atoms with van der Waals surface area (Å²) in [5.41, 5.74) is -1.01. The molecule has 0 heterocycles. The Kier molecular flexibility index (Phi) is 6.67. The van der Waals surface area contributed by atoms with E-state index >= 15 is 0 Å². The van der Waals surface area contributed by atoms with Crippen molar-refractivity contribution in [3.05, 3.63) is 12.2 Å². The van der Waals surface area contributed by atoms with Crippen LogP contribution in [-0.2, 0) is 4.74 Å². The predicted molar refractivity (Wildman–Crippen MR) is 77.6 cm³/mol. The molecule has 0 radical (unpaired) electrons. The van der Waals surface area contributed by atoms with Gasteiger partial charge in [0, 0.05) is 5.41 Å². The summed E-state index contributed by atoms with van der Waals surface area (Å²) < 4.78 is 33.0. The second kappa shape index (κ2) is 6.83. The summed E-state index contributed by atoms with van der Waals surface area (Å²) in [6.45, 7) is 13.5. The third kappa shape index (κ3) is 7.66. The molecule has 0 fully saturated rings.